The van der Waals surface area contributed by atoms with Gasteiger partial charge in [0.25, 0.3) is 5.91 Å². The van der Waals surface area contributed by atoms with E-state index in [1.807, 2.05) is 24.3 Å². The number of benzene rings is 3. The molecule has 1 aromatic heterocycles. The maximum absolute atomic E-state index is 13.9. The molecule has 5 N–H and O–H groups in total. The number of aromatic nitrogens is 1. The fourth-order valence-electron chi connectivity index (χ4n) is 5.48. The van der Waals surface area contributed by atoms with E-state index in [1.165, 1.54) is 18.3 Å². The second kappa shape index (κ2) is 10.6. The monoisotopic (exact) mass is 541 g/mol. The molecule has 1 aliphatic rings. The van der Waals surface area contributed by atoms with Crippen molar-refractivity contribution in [2.24, 2.45) is 0 Å². The molecule has 5 rings (SSSR count). The van der Waals surface area contributed by atoms with E-state index in [-0.39, 0.29) is 30.1 Å². The molecule has 2 amide bonds. The summed E-state index contributed by atoms with van der Waals surface area (Å²) in [7, 11) is 1.65. The molecule has 2 heterocycles. The van der Waals surface area contributed by atoms with Gasteiger partial charge in [0.05, 0.1) is 18.2 Å². The molecule has 0 spiro atoms. The lowest BCUT2D eigenvalue weighted by atomic mass is 9.84. The Kier molecular flexibility index (Phi) is 7.16. The van der Waals surface area contributed by atoms with E-state index >= 15 is 0 Å². The third-order valence-electron chi connectivity index (χ3n) is 7.31. The van der Waals surface area contributed by atoms with Gasteiger partial charge >= 0.3 is 0 Å². The topological polar surface area (TPSA) is 122 Å². The Morgan fingerprint density at radius 1 is 1.20 bits per heavy atom. The minimum Gasteiger partial charge on any atom is -0.398 e. The van der Waals surface area contributed by atoms with Crippen LogP contribution in [-0.4, -0.2) is 48.9 Å². The van der Waals surface area contributed by atoms with Gasteiger partial charge in [0.15, 0.2) is 0 Å². The van der Waals surface area contributed by atoms with E-state index in [4.69, 9.17) is 15.9 Å². The average molecular weight is 542 g/mol. The first kappa shape index (κ1) is 27.1. The number of carbonyl (C=O) groups excluding carboxylic acids is 2. The summed E-state index contributed by atoms with van der Waals surface area (Å²) >= 11 is 0. The smallest absolute Gasteiger partial charge is 0.251 e. The molecular weight excluding hydrogens is 509 g/mol. The number of hydrogen-bond donors (Lipinski definition) is 4. The molecule has 0 bridgehead atoms. The Morgan fingerprint density at radius 3 is 2.50 bits per heavy atom. The molecule has 0 aliphatic carbocycles. The van der Waals surface area contributed by atoms with Gasteiger partial charge in [-0.15, -0.1) is 0 Å². The summed E-state index contributed by atoms with van der Waals surface area (Å²) in [6.07, 6.45) is 1.49. The first-order valence-electron chi connectivity index (χ1n) is 13.0. The lowest BCUT2D eigenvalue weighted by Crippen LogP contribution is -2.36. The number of nitrogens with two attached hydrogens (primary N) is 1. The third-order valence-corrected chi connectivity index (χ3v) is 7.31. The number of nitrogen functional groups attached to an aromatic ring is 1. The number of halogens is 1. The van der Waals surface area contributed by atoms with Crippen molar-refractivity contribution in [2.45, 2.75) is 31.7 Å². The van der Waals surface area contributed by atoms with Crippen molar-refractivity contribution in [3.8, 4) is 16.8 Å². The Labute approximate surface area is 231 Å². The largest absolute Gasteiger partial charge is 0.398 e. The quantitative estimate of drug-likeness (QED) is 0.193. The van der Waals surface area contributed by atoms with Gasteiger partial charge in [-0.1, -0.05) is 26.0 Å². The second-order valence-electron chi connectivity index (χ2n) is 10.8. The van der Waals surface area contributed by atoms with Gasteiger partial charge in [-0.2, -0.15) is 0 Å². The summed E-state index contributed by atoms with van der Waals surface area (Å²) in [5.41, 5.74) is 11.6. The zero-order valence-electron chi connectivity index (χ0n) is 22.7. The van der Waals surface area contributed by atoms with Gasteiger partial charge in [0, 0.05) is 70.9 Å². The predicted octanol–water partition coefficient (Wildman–Crippen LogP) is 4.56. The SMILES string of the molecule is COCC(C)(C)c1c(-c2ccc(C(=O)NC3CNC(=O)C3)cc2)c2cc(N)c(C=N)cc2n1-c1ccc(F)cc1. The summed E-state index contributed by atoms with van der Waals surface area (Å²) in [5, 5.41) is 14.4. The normalized spacial score (nSPS) is 15.3. The van der Waals surface area contributed by atoms with Gasteiger partial charge in [-0.3, -0.25) is 9.59 Å². The molecule has 40 heavy (non-hydrogen) atoms. The van der Waals surface area contributed by atoms with Gasteiger partial charge < -0.3 is 31.1 Å². The summed E-state index contributed by atoms with van der Waals surface area (Å²) in [6, 6.07) is 17.1. The number of methoxy groups -OCH3 is 1. The van der Waals surface area contributed by atoms with Crippen LogP contribution in [0.1, 0.15) is 41.9 Å². The Hall–Kier alpha value is -4.50. The number of rotatable bonds is 8. The molecule has 4 aromatic rings. The number of anilines is 1. The molecule has 8 nitrogen and oxygen atoms in total. The summed E-state index contributed by atoms with van der Waals surface area (Å²) in [6.45, 7) is 4.98. The van der Waals surface area contributed by atoms with Crippen LogP contribution in [0, 0.1) is 11.2 Å². The number of nitrogens with one attached hydrogen (secondary N) is 3. The van der Waals surface area contributed by atoms with Gasteiger partial charge in [0.1, 0.15) is 5.82 Å². The molecule has 1 unspecified atom stereocenters. The van der Waals surface area contributed by atoms with Crippen molar-refractivity contribution in [2.75, 3.05) is 26.0 Å². The van der Waals surface area contributed by atoms with Crippen molar-refractivity contribution >= 4 is 34.6 Å². The molecule has 0 saturated carbocycles. The lowest BCUT2D eigenvalue weighted by Gasteiger charge is -2.28. The van der Waals surface area contributed by atoms with E-state index in [9.17, 15) is 14.0 Å². The highest BCUT2D eigenvalue weighted by Crippen LogP contribution is 2.44. The molecule has 1 fully saturated rings. The van der Waals surface area contributed by atoms with E-state index < -0.39 is 5.41 Å². The van der Waals surface area contributed by atoms with Gasteiger partial charge in [-0.25, -0.2) is 4.39 Å². The molecular formula is C31H32FN5O3. The zero-order valence-corrected chi connectivity index (χ0v) is 22.7. The standard InChI is InChI=1S/C31H32FN5O3/c1-31(2,17-40-3)29-28(18-4-6-19(7-5-18)30(39)36-22-13-27(38)35-16-22)24-14-25(34)20(15-33)12-26(24)37(29)23-10-8-21(32)9-11-23/h4-12,14-15,22,33H,13,16-17,34H2,1-3H3,(H,35,38)(H,36,39). The Bertz CT molecular complexity index is 1610. The predicted molar refractivity (Wildman–Crippen MR) is 155 cm³/mol. The van der Waals surface area contributed by atoms with Crippen LogP contribution < -0.4 is 16.4 Å². The highest BCUT2D eigenvalue weighted by atomic mass is 19.1. The maximum Gasteiger partial charge on any atom is 0.251 e. The first-order chi connectivity index (χ1) is 19.1. The minimum absolute atomic E-state index is 0.0742. The van der Waals surface area contributed by atoms with Gasteiger partial charge in [0.2, 0.25) is 5.91 Å². The first-order valence-corrected chi connectivity index (χ1v) is 13.0. The highest BCUT2D eigenvalue weighted by Gasteiger charge is 2.32. The molecule has 206 valence electrons. The van der Waals surface area contributed by atoms with Crippen molar-refractivity contribution in [3.05, 3.63) is 83.3 Å². The number of amides is 2. The van der Waals surface area contributed by atoms with Crippen LogP contribution in [0.15, 0.2) is 60.7 Å². The lowest BCUT2D eigenvalue weighted by molar-refractivity contribution is -0.119. The molecule has 9 heteroatoms. The number of fused-ring (bicyclic) bond motifs is 1. The molecule has 1 aliphatic heterocycles. The summed E-state index contributed by atoms with van der Waals surface area (Å²) < 4.78 is 21.6. The third kappa shape index (κ3) is 4.96. The van der Waals surface area contributed by atoms with Crippen molar-refractivity contribution in [1.29, 1.82) is 5.41 Å². The minimum atomic E-state index is -0.505. The van der Waals surface area contributed by atoms with Crippen LogP contribution >= 0.6 is 0 Å². The van der Waals surface area contributed by atoms with Crippen LogP contribution in [0.3, 0.4) is 0 Å². The number of ether oxygens (including phenoxy) is 1. The van der Waals surface area contributed by atoms with E-state index in [0.29, 0.717) is 30.0 Å². The summed E-state index contributed by atoms with van der Waals surface area (Å²) in [5.74, 6) is -0.661. The number of hydrogen-bond acceptors (Lipinski definition) is 5. The molecule has 3 aromatic carbocycles. The van der Waals surface area contributed by atoms with Crippen LogP contribution in [0.2, 0.25) is 0 Å². The number of carbonyl (C=O) groups is 2. The van der Waals surface area contributed by atoms with Crippen molar-refractivity contribution in [1.82, 2.24) is 15.2 Å². The van der Waals surface area contributed by atoms with Gasteiger partial charge in [-0.05, 0) is 54.1 Å². The summed E-state index contributed by atoms with van der Waals surface area (Å²) in [4.78, 5) is 24.4. The van der Waals surface area contributed by atoms with E-state index in [2.05, 4.69) is 29.0 Å². The highest BCUT2D eigenvalue weighted by molar-refractivity contribution is 6.05. The van der Waals surface area contributed by atoms with E-state index in [1.54, 1.807) is 31.4 Å². The molecule has 0 radical (unpaired) electrons. The average Bonchev–Trinajstić information content (AvgIpc) is 3.49. The number of nitrogens with zero attached hydrogens (tertiary/aromatic N) is 1. The Morgan fingerprint density at radius 2 is 1.90 bits per heavy atom. The molecule has 1 atom stereocenters. The van der Waals surface area contributed by atoms with Crippen LogP contribution in [0.5, 0.6) is 0 Å². The Balaban J connectivity index is 1.71. The van der Waals surface area contributed by atoms with Crippen molar-refractivity contribution in [3.63, 3.8) is 0 Å². The zero-order chi connectivity index (χ0) is 28.6. The van der Waals surface area contributed by atoms with E-state index in [0.717, 1.165) is 33.4 Å². The van der Waals surface area contributed by atoms with Crippen LogP contribution in [0.25, 0.3) is 27.7 Å². The fourth-order valence-corrected chi connectivity index (χ4v) is 5.48. The fraction of sp³-hybridized carbons (Fsp3) is 0.258. The maximum atomic E-state index is 13.9. The van der Waals surface area contributed by atoms with Crippen LogP contribution in [0.4, 0.5) is 10.1 Å². The second-order valence-corrected chi connectivity index (χ2v) is 10.8. The van der Waals surface area contributed by atoms with Crippen LogP contribution in [-0.2, 0) is 14.9 Å². The van der Waals surface area contributed by atoms with Crippen molar-refractivity contribution < 1.29 is 18.7 Å². The molecule has 1 saturated heterocycles.